The first-order valence-corrected chi connectivity index (χ1v) is 8.58. The first-order chi connectivity index (χ1) is 12.0. The van der Waals surface area contributed by atoms with E-state index in [1.165, 1.54) is 5.56 Å². The first kappa shape index (κ1) is 19.3. The molecule has 0 aliphatic rings. The largest absolute Gasteiger partial charge is 0.411 e. The Morgan fingerprint density at radius 3 is 2.24 bits per heavy atom. The van der Waals surface area contributed by atoms with Gasteiger partial charge in [0.2, 0.25) is 0 Å². The average molecular weight is 371 g/mol. The van der Waals surface area contributed by atoms with Crippen molar-refractivity contribution in [2.45, 2.75) is 25.9 Å². The lowest BCUT2D eigenvalue weighted by Gasteiger charge is -2.12. The fourth-order valence-corrected chi connectivity index (χ4v) is 2.69. The summed E-state index contributed by atoms with van der Waals surface area (Å²) in [5, 5.41) is 10.5. The van der Waals surface area contributed by atoms with Crippen molar-refractivity contribution in [1.82, 2.24) is 10.6 Å². The fourth-order valence-electron chi connectivity index (χ4n) is 2.02. The highest BCUT2D eigenvalue weighted by Crippen LogP contribution is 2.15. The zero-order chi connectivity index (χ0) is 18.1. The molecule has 0 unspecified atom stereocenters. The summed E-state index contributed by atoms with van der Waals surface area (Å²) >= 11 is 1.64. The van der Waals surface area contributed by atoms with Crippen molar-refractivity contribution < 1.29 is 17.9 Å². The number of ether oxygens (including phenoxy) is 1. The molecule has 25 heavy (non-hydrogen) atoms. The molecule has 0 aliphatic carbocycles. The summed E-state index contributed by atoms with van der Waals surface area (Å²) in [7, 11) is 1.70. The molecular formula is C17H20F3N3OS. The van der Waals surface area contributed by atoms with E-state index in [2.05, 4.69) is 25.7 Å². The molecule has 1 aromatic carbocycles. The highest BCUT2D eigenvalue weighted by molar-refractivity contribution is 7.07. The second-order valence-electron chi connectivity index (χ2n) is 5.34. The van der Waals surface area contributed by atoms with Gasteiger partial charge >= 0.3 is 6.18 Å². The molecule has 1 heterocycles. The van der Waals surface area contributed by atoms with E-state index in [0.717, 1.165) is 5.56 Å². The van der Waals surface area contributed by atoms with Gasteiger partial charge in [-0.25, -0.2) is 0 Å². The van der Waals surface area contributed by atoms with E-state index < -0.39 is 12.8 Å². The van der Waals surface area contributed by atoms with Crippen LogP contribution in [-0.2, 0) is 24.4 Å². The molecule has 2 aromatic rings. The molecular weight excluding hydrogens is 351 g/mol. The Bertz CT molecular complexity index is 655. The summed E-state index contributed by atoms with van der Waals surface area (Å²) in [6.45, 7) is -0.0365. The Balaban J connectivity index is 1.74. The van der Waals surface area contributed by atoms with Crippen molar-refractivity contribution in [3.63, 3.8) is 0 Å². The number of hydrogen-bond acceptors (Lipinski definition) is 3. The van der Waals surface area contributed by atoms with Gasteiger partial charge in [-0.2, -0.15) is 24.5 Å². The Kier molecular flexibility index (Phi) is 7.27. The Hall–Kier alpha value is -2.06. The molecule has 0 aliphatic heterocycles. The van der Waals surface area contributed by atoms with Gasteiger partial charge in [-0.1, -0.05) is 24.3 Å². The highest BCUT2D eigenvalue weighted by Gasteiger charge is 2.27. The topological polar surface area (TPSA) is 45.7 Å². The number of halogens is 3. The van der Waals surface area contributed by atoms with Gasteiger partial charge in [-0.15, -0.1) is 0 Å². The van der Waals surface area contributed by atoms with Gasteiger partial charge in [-0.05, 0) is 33.5 Å². The Morgan fingerprint density at radius 1 is 1.04 bits per heavy atom. The van der Waals surface area contributed by atoms with Crippen LogP contribution in [0, 0.1) is 0 Å². The van der Waals surface area contributed by atoms with Crippen LogP contribution in [0.25, 0.3) is 0 Å². The molecule has 4 nitrogen and oxygen atoms in total. The molecule has 0 radical (unpaired) electrons. The average Bonchev–Trinajstić information content (AvgIpc) is 3.08. The third-order valence-electron chi connectivity index (χ3n) is 3.28. The minimum absolute atomic E-state index is 0.0584. The molecule has 0 bridgehead atoms. The number of nitrogens with zero attached hydrogens (tertiary/aromatic N) is 1. The minimum Gasteiger partial charge on any atom is -0.367 e. The van der Waals surface area contributed by atoms with E-state index in [4.69, 9.17) is 0 Å². The zero-order valence-electron chi connectivity index (χ0n) is 13.8. The molecule has 0 saturated heterocycles. The van der Waals surface area contributed by atoms with Gasteiger partial charge in [0.05, 0.1) is 6.61 Å². The number of benzene rings is 1. The standard InChI is InChI=1S/C17H20F3N3OS/c1-21-16(23-9-15-6-7-25-11-15)22-8-13-2-4-14(5-3-13)10-24-12-17(18,19)20/h2-7,11H,8-10,12H2,1H3,(H2,21,22,23). The number of aliphatic imine (C=N–C) groups is 1. The molecule has 0 amide bonds. The van der Waals surface area contributed by atoms with E-state index in [1.807, 2.05) is 23.6 Å². The van der Waals surface area contributed by atoms with E-state index in [0.29, 0.717) is 24.6 Å². The summed E-state index contributed by atoms with van der Waals surface area (Å²) in [6, 6.07) is 9.27. The predicted octanol–water partition coefficient (Wildman–Crippen LogP) is 3.69. The molecule has 2 N–H and O–H groups in total. The number of nitrogens with one attached hydrogen (secondary N) is 2. The van der Waals surface area contributed by atoms with Crippen LogP contribution in [-0.4, -0.2) is 25.8 Å². The van der Waals surface area contributed by atoms with Crippen molar-refractivity contribution in [2.75, 3.05) is 13.7 Å². The van der Waals surface area contributed by atoms with E-state index in [1.54, 1.807) is 30.5 Å². The van der Waals surface area contributed by atoms with Gasteiger partial charge < -0.3 is 15.4 Å². The summed E-state index contributed by atoms with van der Waals surface area (Å²) in [6.07, 6.45) is -4.30. The number of hydrogen-bond donors (Lipinski definition) is 2. The maximum absolute atomic E-state index is 12.0. The van der Waals surface area contributed by atoms with Crippen molar-refractivity contribution in [3.8, 4) is 0 Å². The molecule has 8 heteroatoms. The van der Waals surface area contributed by atoms with Crippen molar-refractivity contribution >= 4 is 17.3 Å². The SMILES string of the molecule is CN=C(NCc1ccc(COCC(F)(F)F)cc1)NCc1ccsc1. The van der Waals surface area contributed by atoms with Crippen LogP contribution in [0.1, 0.15) is 16.7 Å². The Morgan fingerprint density at radius 2 is 1.68 bits per heavy atom. The van der Waals surface area contributed by atoms with Crippen molar-refractivity contribution in [1.29, 1.82) is 0 Å². The van der Waals surface area contributed by atoms with E-state index >= 15 is 0 Å². The molecule has 0 saturated carbocycles. The smallest absolute Gasteiger partial charge is 0.367 e. The highest BCUT2D eigenvalue weighted by atomic mass is 32.1. The fraction of sp³-hybridized carbons (Fsp3) is 0.353. The maximum atomic E-state index is 12.0. The second-order valence-corrected chi connectivity index (χ2v) is 6.12. The quantitative estimate of drug-likeness (QED) is 0.576. The number of guanidine groups is 1. The maximum Gasteiger partial charge on any atom is 0.411 e. The zero-order valence-corrected chi connectivity index (χ0v) is 14.6. The number of thiophene rings is 1. The van der Waals surface area contributed by atoms with Gasteiger partial charge in [0.25, 0.3) is 0 Å². The second kappa shape index (κ2) is 9.43. The van der Waals surface area contributed by atoms with Gasteiger partial charge in [0.1, 0.15) is 6.61 Å². The number of rotatable bonds is 7. The van der Waals surface area contributed by atoms with Crippen LogP contribution in [0.5, 0.6) is 0 Å². The van der Waals surface area contributed by atoms with E-state index in [-0.39, 0.29) is 6.61 Å². The lowest BCUT2D eigenvalue weighted by atomic mass is 10.1. The summed E-state index contributed by atoms with van der Waals surface area (Å²) < 4.78 is 40.7. The normalized spacial score (nSPS) is 12.2. The number of alkyl halides is 3. The minimum atomic E-state index is -4.30. The van der Waals surface area contributed by atoms with Crippen molar-refractivity contribution in [2.24, 2.45) is 4.99 Å². The van der Waals surface area contributed by atoms with Gasteiger partial charge in [0, 0.05) is 20.1 Å². The molecule has 0 atom stereocenters. The summed E-state index contributed by atoms with van der Waals surface area (Å²) in [5.41, 5.74) is 2.89. The summed E-state index contributed by atoms with van der Waals surface area (Å²) in [5.74, 6) is 0.684. The molecule has 2 rings (SSSR count). The monoisotopic (exact) mass is 371 g/mol. The lowest BCUT2D eigenvalue weighted by molar-refractivity contribution is -0.176. The third kappa shape index (κ3) is 7.57. The molecule has 1 aromatic heterocycles. The van der Waals surface area contributed by atoms with Crippen molar-refractivity contribution in [3.05, 3.63) is 57.8 Å². The van der Waals surface area contributed by atoms with E-state index in [9.17, 15) is 13.2 Å². The molecule has 0 spiro atoms. The van der Waals surface area contributed by atoms with Crippen LogP contribution in [0.4, 0.5) is 13.2 Å². The Labute approximate surface area is 148 Å². The third-order valence-corrected chi connectivity index (χ3v) is 4.01. The van der Waals surface area contributed by atoms with Crippen LogP contribution in [0.15, 0.2) is 46.1 Å². The first-order valence-electron chi connectivity index (χ1n) is 7.64. The van der Waals surface area contributed by atoms with Crippen LogP contribution in [0.3, 0.4) is 0 Å². The van der Waals surface area contributed by atoms with Crippen LogP contribution >= 0.6 is 11.3 Å². The van der Waals surface area contributed by atoms with Gasteiger partial charge in [0.15, 0.2) is 5.96 Å². The van der Waals surface area contributed by atoms with Gasteiger partial charge in [-0.3, -0.25) is 4.99 Å². The van der Waals surface area contributed by atoms with Crippen LogP contribution in [0.2, 0.25) is 0 Å². The molecule has 136 valence electrons. The summed E-state index contributed by atoms with van der Waals surface area (Å²) in [4.78, 5) is 4.15. The molecule has 0 fully saturated rings. The van der Waals surface area contributed by atoms with Crippen LogP contribution < -0.4 is 10.6 Å². The lowest BCUT2D eigenvalue weighted by Crippen LogP contribution is -2.36. The predicted molar refractivity (Wildman–Crippen MR) is 93.5 cm³/mol.